The molecule has 254 valence electrons. The van der Waals surface area contributed by atoms with Crippen molar-refractivity contribution in [2.75, 3.05) is 36.2 Å². The number of carbonyl (C=O) groups excluding carboxylic acids is 1. The van der Waals surface area contributed by atoms with Gasteiger partial charge in [-0.15, -0.1) is 0 Å². The number of alkyl halides is 6. The summed E-state index contributed by atoms with van der Waals surface area (Å²) in [7, 11) is -2.09. The van der Waals surface area contributed by atoms with E-state index >= 15 is 0 Å². The molecule has 0 spiro atoms. The molecule has 5 rings (SSSR count). The van der Waals surface area contributed by atoms with Crippen LogP contribution >= 0.6 is 0 Å². The first kappa shape index (κ1) is 34.6. The maximum absolute atomic E-state index is 14.1. The molecule has 2 aliphatic rings. The Labute approximate surface area is 268 Å². The summed E-state index contributed by atoms with van der Waals surface area (Å²) in [5, 5.41) is 0. The summed E-state index contributed by atoms with van der Waals surface area (Å²) < 4.78 is 122. The zero-order chi connectivity index (χ0) is 34.9. The maximum atomic E-state index is 14.1. The summed E-state index contributed by atoms with van der Waals surface area (Å²) in [6.07, 6.45) is -6.29. The van der Waals surface area contributed by atoms with E-state index in [-0.39, 0.29) is 23.8 Å². The molecule has 2 saturated heterocycles. The Morgan fingerprint density at radius 2 is 1.40 bits per heavy atom. The van der Waals surface area contributed by atoms with E-state index in [2.05, 4.69) is 4.98 Å². The molecule has 2 bridgehead atoms. The van der Waals surface area contributed by atoms with Crippen LogP contribution in [-0.4, -0.2) is 62.1 Å². The number of likely N-dealkylation sites (N-methyl/N-ethyl adjacent to an activating group) is 1. The van der Waals surface area contributed by atoms with E-state index in [1.807, 2.05) is 4.90 Å². The van der Waals surface area contributed by atoms with Gasteiger partial charge >= 0.3 is 12.4 Å². The van der Waals surface area contributed by atoms with Gasteiger partial charge in [0, 0.05) is 37.8 Å². The van der Waals surface area contributed by atoms with Gasteiger partial charge in [0.1, 0.15) is 11.6 Å². The summed E-state index contributed by atoms with van der Waals surface area (Å²) in [4.78, 5) is 21.6. The van der Waals surface area contributed by atoms with Gasteiger partial charge in [0.2, 0.25) is 15.9 Å². The topological polar surface area (TPSA) is 73.8 Å². The van der Waals surface area contributed by atoms with Gasteiger partial charge in [-0.3, -0.25) is 4.79 Å². The van der Waals surface area contributed by atoms with Gasteiger partial charge in [-0.25, -0.2) is 17.8 Å². The van der Waals surface area contributed by atoms with Gasteiger partial charge in [-0.05, 0) is 86.7 Å². The first-order valence-electron chi connectivity index (χ1n) is 14.7. The van der Waals surface area contributed by atoms with Crippen molar-refractivity contribution in [1.29, 1.82) is 0 Å². The standard InChI is InChI=1S/C32H33F7N4O3S/c1-18-10-22(33)6-9-25(18)26-14-28(42-16-23-7-8-24(17-42)43(23)47(5,45)46)40-15-27(26)41(4)29(44)30(2,3)19-11-20(31(34,35)36)13-21(12-19)32(37,38)39/h6,9-15,23-24H,7-8,16-17H2,1-5H3/t23-,24+. The lowest BCUT2D eigenvalue weighted by Crippen LogP contribution is -2.55. The van der Waals surface area contributed by atoms with Crippen LogP contribution in [0.4, 0.5) is 42.2 Å². The van der Waals surface area contributed by atoms with Gasteiger partial charge in [0.25, 0.3) is 0 Å². The Balaban J connectivity index is 1.57. The average molecular weight is 687 g/mol. The second-order valence-electron chi connectivity index (χ2n) is 12.7. The van der Waals surface area contributed by atoms with Crippen molar-refractivity contribution in [2.24, 2.45) is 0 Å². The molecule has 0 saturated carbocycles. The maximum Gasteiger partial charge on any atom is 0.416 e. The van der Waals surface area contributed by atoms with E-state index in [1.165, 1.54) is 55.9 Å². The highest BCUT2D eigenvalue weighted by Crippen LogP contribution is 2.42. The molecule has 3 aromatic rings. The SMILES string of the molecule is Cc1cc(F)ccc1-c1cc(N2C[C@H]3CC[C@@H](C2)N3S(C)(=O)=O)ncc1N(C)C(=O)C(C)(C)c1cc(C(F)(F)F)cc(C(F)(F)F)c1. The number of benzene rings is 2. The average Bonchev–Trinajstić information content (AvgIpc) is 3.26. The second-order valence-corrected chi connectivity index (χ2v) is 14.6. The number of rotatable bonds is 6. The van der Waals surface area contributed by atoms with Gasteiger partial charge in [0.05, 0.1) is 34.7 Å². The highest BCUT2D eigenvalue weighted by Gasteiger charge is 2.45. The largest absolute Gasteiger partial charge is 0.416 e. The summed E-state index contributed by atoms with van der Waals surface area (Å²) in [6.45, 7) is 4.85. The number of sulfonamides is 1. The molecule has 0 radical (unpaired) electrons. The first-order chi connectivity index (χ1) is 21.6. The highest BCUT2D eigenvalue weighted by atomic mass is 32.2. The zero-order valence-electron chi connectivity index (χ0n) is 26.2. The van der Waals surface area contributed by atoms with Crippen molar-refractivity contribution < 1.29 is 43.9 Å². The number of carbonyl (C=O) groups is 1. The van der Waals surface area contributed by atoms with Gasteiger partial charge in [0.15, 0.2) is 0 Å². The molecule has 2 fully saturated rings. The molecule has 3 heterocycles. The lowest BCUT2D eigenvalue weighted by molar-refractivity contribution is -0.143. The number of amides is 1. The number of pyridine rings is 1. The van der Waals surface area contributed by atoms with Crippen molar-refractivity contribution in [3.8, 4) is 11.1 Å². The molecular formula is C32H33F7N4O3S. The fourth-order valence-electron chi connectivity index (χ4n) is 6.58. The predicted octanol–water partition coefficient (Wildman–Crippen LogP) is 6.79. The molecule has 2 aromatic carbocycles. The first-order valence-corrected chi connectivity index (χ1v) is 16.5. The van der Waals surface area contributed by atoms with Crippen molar-refractivity contribution in [3.63, 3.8) is 0 Å². The van der Waals surface area contributed by atoms with Gasteiger partial charge < -0.3 is 9.80 Å². The van der Waals surface area contributed by atoms with E-state index in [0.29, 0.717) is 60.6 Å². The van der Waals surface area contributed by atoms with Crippen LogP contribution in [0.25, 0.3) is 11.1 Å². The fraction of sp³-hybridized carbons (Fsp3) is 0.438. The van der Waals surface area contributed by atoms with Crippen LogP contribution in [-0.2, 0) is 32.6 Å². The van der Waals surface area contributed by atoms with Crippen molar-refractivity contribution in [1.82, 2.24) is 9.29 Å². The Bertz CT molecular complexity index is 1780. The van der Waals surface area contributed by atoms with Crippen molar-refractivity contribution in [3.05, 3.63) is 76.7 Å². The number of fused-ring (bicyclic) bond motifs is 2. The minimum atomic E-state index is -5.10. The van der Waals surface area contributed by atoms with E-state index in [4.69, 9.17) is 0 Å². The summed E-state index contributed by atoms with van der Waals surface area (Å²) in [5.74, 6) is -0.864. The highest BCUT2D eigenvalue weighted by molar-refractivity contribution is 7.88. The third kappa shape index (κ3) is 6.69. The summed E-state index contributed by atoms with van der Waals surface area (Å²) >= 11 is 0. The molecule has 1 aromatic heterocycles. The lowest BCUT2D eigenvalue weighted by Gasteiger charge is -2.40. The number of aryl methyl sites for hydroxylation is 1. The minimum Gasteiger partial charge on any atom is -0.353 e. The number of nitrogens with zero attached hydrogens (tertiary/aromatic N) is 4. The van der Waals surface area contributed by atoms with Gasteiger partial charge in [-0.2, -0.15) is 30.6 Å². The molecule has 0 unspecified atom stereocenters. The number of aromatic nitrogens is 1. The molecular weight excluding hydrogens is 653 g/mol. The number of anilines is 2. The molecule has 15 heteroatoms. The molecule has 0 N–H and O–H groups in total. The van der Waals surface area contributed by atoms with Crippen LogP contribution < -0.4 is 9.80 Å². The molecule has 2 aliphatic heterocycles. The quantitative estimate of drug-likeness (QED) is 0.267. The third-order valence-corrected chi connectivity index (χ3v) is 10.3. The van der Waals surface area contributed by atoms with E-state index in [1.54, 1.807) is 13.0 Å². The summed E-state index contributed by atoms with van der Waals surface area (Å²) in [6, 6.07) is 6.25. The number of halogens is 7. The Morgan fingerprint density at radius 3 is 1.89 bits per heavy atom. The van der Waals surface area contributed by atoms with Crippen LogP contribution in [0.2, 0.25) is 0 Å². The Morgan fingerprint density at radius 1 is 0.872 bits per heavy atom. The number of hydrogen-bond acceptors (Lipinski definition) is 5. The Hall–Kier alpha value is -3.72. The van der Waals surface area contributed by atoms with Crippen LogP contribution in [0.1, 0.15) is 48.9 Å². The molecule has 47 heavy (non-hydrogen) atoms. The van der Waals surface area contributed by atoms with Crippen LogP contribution in [0.5, 0.6) is 0 Å². The van der Waals surface area contributed by atoms with E-state index < -0.39 is 56.2 Å². The monoisotopic (exact) mass is 686 g/mol. The minimum absolute atomic E-state index is 0.00771. The van der Waals surface area contributed by atoms with E-state index in [9.17, 15) is 43.9 Å². The normalized spacial score (nSPS) is 19.3. The number of hydrogen-bond donors (Lipinski definition) is 0. The van der Waals surface area contributed by atoms with Crippen LogP contribution in [0.15, 0.2) is 48.7 Å². The van der Waals surface area contributed by atoms with Crippen LogP contribution in [0.3, 0.4) is 0 Å². The lowest BCUT2D eigenvalue weighted by atomic mass is 9.81. The number of piperazine rings is 1. The molecule has 0 aliphatic carbocycles. The second kappa shape index (κ2) is 11.8. The molecule has 2 atom stereocenters. The van der Waals surface area contributed by atoms with Gasteiger partial charge in [-0.1, -0.05) is 6.07 Å². The molecule has 1 amide bonds. The third-order valence-electron chi connectivity index (χ3n) is 8.98. The fourth-order valence-corrected chi connectivity index (χ4v) is 8.01. The van der Waals surface area contributed by atoms with Crippen molar-refractivity contribution in [2.45, 2.75) is 63.5 Å². The smallest absolute Gasteiger partial charge is 0.353 e. The predicted molar refractivity (Wildman–Crippen MR) is 163 cm³/mol. The Kier molecular flexibility index (Phi) is 8.66. The molecule has 7 nitrogen and oxygen atoms in total. The van der Waals surface area contributed by atoms with Crippen LogP contribution in [0, 0.1) is 12.7 Å². The zero-order valence-corrected chi connectivity index (χ0v) is 27.0. The van der Waals surface area contributed by atoms with Crippen molar-refractivity contribution >= 4 is 27.4 Å². The summed E-state index contributed by atoms with van der Waals surface area (Å²) in [5.41, 5.74) is -3.82. The van der Waals surface area contributed by atoms with E-state index in [0.717, 1.165) is 4.90 Å².